The Morgan fingerprint density at radius 1 is 1.71 bits per heavy atom. The molecular formula is C11H18N4O2. The van der Waals surface area contributed by atoms with E-state index in [1.54, 1.807) is 14.0 Å². The molecule has 1 heterocycles. The van der Waals surface area contributed by atoms with Gasteiger partial charge in [0.1, 0.15) is 0 Å². The first-order valence-electron chi connectivity index (χ1n) is 5.78. The van der Waals surface area contributed by atoms with Crippen LogP contribution in [-0.4, -0.2) is 45.8 Å². The third-order valence-corrected chi connectivity index (χ3v) is 3.27. The highest BCUT2D eigenvalue weighted by molar-refractivity contribution is 5.97. The van der Waals surface area contributed by atoms with E-state index in [-0.39, 0.29) is 24.2 Å². The van der Waals surface area contributed by atoms with Crippen molar-refractivity contribution in [3.8, 4) is 0 Å². The number of anilines is 1. The second-order valence-electron chi connectivity index (χ2n) is 4.62. The molecule has 1 fully saturated rings. The fourth-order valence-corrected chi connectivity index (χ4v) is 1.70. The number of hydrogen-bond donors (Lipinski definition) is 3. The van der Waals surface area contributed by atoms with Gasteiger partial charge in [-0.15, -0.1) is 0 Å². The molecule has 4 N–H and O–H groups in total. The molecule has 0 aliphatic heterocycles. The monoisotopic (exact) mass is 238 g/mol. The Morgan fingerprint density at radius 3 is 2.88 bits per heavy atom. The molecule has 1 aromatic rings. The maximum absolute atomic E-state index is 12.1. The average molecular weight is 238 g/mol. The van der Waals surface area contributed by atoms with Gasteiger partial charge in [0.15, 0.2) is 5.69 Å². The number of nitrogens with zero attached hydrogens (tertiary/aromatic N) is 2. The molecule has 0 bridgehead atoms. The summed E-state index contributed by atoms with van der Waals surface area (Å²) in [6.45, 7) is 1.69. The van der Waals surface area contributed by atoms with E-state index in [0.29, 0.717) is 11.6 Å². The van der Waals surface area contributed by atoms with E-state index < -0.39 is 0 Å². The molecule has 0 spiro atoms. The van der Waals surface area contributed by atoms with Crippen LogP contribution in [0.15, 0.2) is 0 Å². The lowest BCUT2D eigenvalue weighted by Crippen LogP contribution is -2.37. The number of aliphatic hydroxyl groups excluding tert-OH is 1. The quantitative estimate of drug-likeness (QED) is 0.704. The highest BCUT2D eigenvalue weighted by atomic mass is 16.3. The standard InChI is InChI=1S/C11H18N4O2/c1-6(5-16)15(2)11(17)10-8(12)9(13-14-10)7-3-4-7/h6-7,16H,3-5,12H2,1-2H3,(H,13,14). The minimum atomic E-state index is -0.257. The molecule has 0 aromatic carbocycles. The number of rotatable bonds is 4. The van der Waals surface area contributed by atoms with Gasteiger partial charge in [0.25, 0.3) is 5.91 Å². The van der Waals surface area contributed by atoms with Crippen LogP contribution in [0.2, 0.25) is 0 Å². The lowest BCUT2D eigenvalue weighted by molar-refractivity contribution is 0.0677. The van der Waals surface area contributed by atoms with E-state index in [9.17, 15) is 4.79 Å². The van der Waals surface area contributed by atoms with Gasteiger partial charge in [-0.05, 0) is 19.8 Å². The van der Waals surface area contributed by atoms with Crippen LogP contribution in [0.1, 0.15) is 41.9 Å². The van der Waals surface area contributed by atoms with Crippen molar-refractivity contribution in [2.24, 2.45) is 0 Å². The molecule has 6 nitrogen and oxygen atoms in total. The summed E-state index contributed by atoms with van der Waals surface area (Å²) in [4.78, 5) is 13.5. The van der Waals surface area contributed by atoms with Gasteiger partial charge < -0.3 is 15.7 Å². The van der Waals surface area contributed by atoms with Gasteiger partial charge in [-0.2, -0.15) is 5.10 Å². The topological polar surface area (TPSA) is 95.2 Å². The highest BCUT2D eigenvalue weighted by Crippen LogP contribution is 2.42. The van der Waals surface area contributed by atoms with Gasteiger partial charge >= 0.3 is 0 Å². The Morgan fingerprint density at radius 2 is 2.35 bits per heavy atom. The first-order chi connectivity index (χ1) is 8.06. The van der Waals surface area contributed by atoms with Gasteiger partial charge in [-0.25, -0.2) is 0 Å². The van der Waals surface area contributed by atoms with Crippen LogP contribution in [0.3, 0.4) is 0 Å². The zero-order chi connectivity index (χ0) is 12.6. The number of aromatic amines is 1. The van der Waals surface area contributed by atoms with Crippen LogP contribution >= 0.6 is 0 Å². The van der Waals surface area contributed by atoms with E-state index in [2.05, 4.69) is 10.2 Å². The number of amides is 1. The normalized spacial score (nSPS) is 16.9. The number of nitrogen functional groups attached to an aromatic ring is 1. The van der Waals surface area contributed by atoms with Crippen molar-refractivity contribution >= 4 is 11.6 Å². The fourth-order valence-electron chi connectivity index (χ4n) is 1.70. The average Bonchev–Trinajstić information content (AvgIpc) is 3.10. The summed E-state index contributed by atoms with van der Waals surface area (Å²) in [6.07, 6.45) is 2.20. The maximum Gasteiger partial charge on any atom is 0.276 e. The summed E-state index contributed by atoms with van der Waals surface area (Å²) < 4.78 is 0. The largest absolute Gasteiger partial charge is 0.395 e. The fraction of sp³-hybridized carbons (Fsp3) is 0.636. The van der Waals surface area contributed by atoms with Gasteiger partial charge in [0.2, 0.25) is 0 Å². The predicted molar refractivity (Wildman–Crippen MR) is 63.6 cm³/mol. The number of carbonyl (C=O) groups is 1. The van der Waals surface area contributed by atoms with E-state index in [0.717, 1.165) is 18.5 Å². The Hall–Kier alpha value is -1.56. The Kier molecular flexibility index (Phi) is 3.06. The molecule has 1 aliphatic carbocycles. The molecule has 1 unspecified atom stereocenters. The van der Waals surface area contributed by atoms with Crippen molar-refractivity contribution in [3.05, 3.63) is 11.4 Å². The van der Waals surface area contributed by atoms with Crippen LogP contribution < -0.4 is 5.73 Å². The minimum absolute atomic E-state index is 0.0813. The number of aliphatic hydroxyl groups is 1. The summed E-state index contributed by atoms with van der Waals surface area (Å²) in [6, 6.07) is -0.247. The lowest BCUT2D eigenvalue weighted by Gasteiger charge is -2.22. The molecule has 1 saturated carbocycles. The number of carbonyl (C=O) groups excluding carboxylic acids is 1. The summed E-state index contributed by atoms with van der Waals surface area (Å²) in [5.41, 5.74) is 7.51. The van der Waals surface area contributed by atoms with Crippen LogP contribution in [0, 0.1) is 0 Å². The summed E-state index contributed by atoms with van der Waals surface area (Å²) in [7, 11) is 1.63. The Labute approximate surface area is 99.8 Å². The van der Waals surface area contributed by atoms with Gasteiger partial charge in [0.05, 0.1) is 24.0 Å². The third-order valence-electron chi connectivity index (χ3n) is 3.27. The second-order valence-corrected chi connectivity index (χ2v) is 4.62. The highest BCUT2D eigenvalue weighted by Gasteiger charge is 2.31. The molecule has 94 valence electrons. The number of aromatic nitrogens is 2. The minimum Gasteiger partial charge on any atom is -0.395 e. The summed E-state index contributed by atoms with van der Waals surface area (Å²) >= 11 is 0. The third kappa shape index (κ3) is 2.12. The van der Waals surface area contributed by atoms with E-state index in [1.165, 1.54) is 4.90 Å². The van der Waals surface area contributed by atoms with Crippen LogP contribution in [0.4, 0.5) is 5.69 Å². The number of likely N-dealkylation sites (N-methyl/N-ethyl adjacent to an activating group) is 1. The maximum atomic E-state index is 12.1. The van der Waals surface area contributed by atoms with Gasteiger partial charge in [0, 0.05) is 13.0 Å². The zero-order valence-electron chi connectivity index (χ0n) is 10.1. The van der Waals surface area contributed by atoms with Crippen LogP contribution in [0.5, 0.6) is 0 Å². The predicted octanol–water partition coefficient (Wildman–Crippen LogP) is 0.322. The second kappa shape index (κ2) is 4.37. The van der Waals surface area contributed by atoms with Crippen molar-refractivity contribution in [1.82, 2.24) is 15.1 Å². The molecule has 6 heteroatoms. The van der Waals surface area contributed by atoms with Crippen molar-refractivity contribution in [2.75, 3.05) is 19.4 Å². The first kappa shape index (κ1) is 11.9. The van der Waals surface area contributed by atoms with Crippen LogP contribution in [0.25, 0.3) is 0 Å². The number of nitrogens with one attached hydrogen (secondary N) is 1. The molecule has 0 radical (unpaired) electrons. The van der Waals surface area contributed by atoms with Crippen molar-refractivity contribution < 1.29 is 9.90 Å². The van der Waals surface area contributed by atoms with E-state index in [4.69, 9.17) is 10.8 Å². The molecule has 17 heavy (non-hydrogen) atoms. The molecule has 1 aromatic heterocycles. The molecule has 1 amide bonds. The van der Waals surface area contributed by atoms with Crippen molar-refractivity contribution in [1.29, 1.82) is 0 Å². The lowest BCUT2D eigenvalue weighted by atomic mass is 10.2. The smallest absolute Gasteiger partial charge is 0.276 e. The zero-order valence-corrected chi connectivity index (χ0v) is 10.1. The molecule has 1 atom stereocenters. The van der Waals surface area contributed by atoms with Gasteiger partial charge in [-0.3, -0.25) is 9.89 Å². The number of H-pyrrole nitrogens is 1. The number of nitrogens with two attached hydrogens (primary N) is 1. The first-order valence-corrected chi connectivity index (χ1v) is 5.78. The van der Waals surface area contributed by atoms with E-state index >= 15 is 0 Å². The number of hydrogen-bond acceptors (Lipinski definition) is 4. The molecule has 1 aliphatic rings. The summed E-state index contributed by atoms with van der Waals surface area (Å²) in [5.74, 6) is 0.178. The van der Waals surface area contributed by atoms with E-state index in [1.807, 2.05) is 0 Å². The Bertz CT molecular complexity index is 425. The SMILES string of the molecule is CC(CO)N(C)C(=O)c1n[nH]c(C2CC2)c1N. The van der Waals surface area contributed by atoms with Crippen LogP contribution in [-0.2, 0) is 0 Å². The molecular weight excluding hydrogens is 220 g/mol. The summed E-state index contributed by atoms with van der Waals surface area (Å²) in [5, 5.41) is 15.9. The van der Waals surface area contributed by atoms with Gasteiger partial charge in [-0.1, -0.05) is 0 Å². The van der Waals surface area contributed by atoms with Crippen molar-refractivity contribution in [3.63, 3.8) is 0 Å². The Balaban J connectivity index is 2.19. The molecule has 0 saturated heterocycles. The van der Waals surface area contributed by atoms with Crippen molar-refractivity contribution in [2.45, 2.75) is 31.7 Å². The molecule has 2 rings (SSSR count).